The van der Waals surface area contributed by atoms with Crippen LogP contribution >= 0.6 is 0 Å². The third kappa shape index (κ3) is 8.74. The van der Waals surface area contributed by atoms with E-state index in [9.17, 15) is 9.59 Å². The first-order valence-corrected chi connectivity index (χ1v) is 15.1. The molecular weight excluding hydrogens is 524 g/mol. The van der Waals surface area contributed by atoms with Crippen LogP contribution in [0.1, 0.15) is 79.8 Å². The predicted octanol–water partition coefficient (Wildman–Crippen LogP) is 5.39. The zero-order chi connectivity index (χ0) is 29.7. The summed E-state index contributed by atoms with van der Waals surface area (Å²) in [7, 11) is 0. The lowest BCUT2D eigenvalue weighted by Crippen LogP contribution is -2.47. The number of hydrogen-bond acceptors (Lipinski definition) is 5. The molecule has 0 saturated carbocycles. The summed E-state index contributed by atoms with van der Waals surface area (Å²) in [6, 6.07) is 21.4. The smallest absolute Gasteiger partial charge is 0.251 e. The number of aromatic amines is 1. The van der Waals surface area contributed by atoms with E-state index < -0.39 is 6.04 Å². The van der Waals surface area contributed by atoms with Crippen LogP contribution in [0.25, 0.3) is 10.8 Å². The molecule has 1 aromatic heterocycles. The lowest BCUT2D eigenvalue weighted by atomic mass is 9.99. The van der Waals surface area contributed by atoms with Crippen LogP contribution in [-0.2, 0) is 17.9 Å². The molecule has 0 bridgehead atoms. The molecule has 0 radical (unpaired) electrons. The normalized spacial score (nSPS) is 12.8. The van der Waals surface area contributed by atoms with Gasteiger partial charge in [-0.15, -0.1) is 0 Å². The Morgan fingerprint density at radius 1 is 0.905 bits per heavy atom. The van der Waals surface area contributed by atoms with E-state index in [2.05, 4.69) is 63.3 Å². The number of benzene rings is 3. The van der Waals surface area contributed by atoms with Crippen LogP contribution in [0.3, 0.4) is 0 Å². The zero-order valence-electron chi connectivity index (χ0n) is 25.0. The largest absolute Gasteiger partial charge is 0.348 e. The lowest BCUT2D eigenvalue weighted by Gasteiger charge is -2.23. The van der Waals surface area contributed by atoms with Gasteiger partial charge in [-0.2, -0.15) is 0 Å². The fourth-order valence-corrected chi connectivity index (χ4v) is 5.21. The van der Waals surface area contributed by atoms with E-state index in [0.29, 0.717) is 31.1 Å². The number of carbonyl (C=O) groups excluding carboxylic acids is 2. The van der Waals surface area contributed by atoms with Crippen LogP contribution in [0.5, 0.6) is 0 Å². The highest BCUT2D eigenvalue weighted by Crippen LogP contribution is 2.24. The summed E-state index contributed by atoms with van der Waals surface area (Å²) < 4.78 is 0. The second-order valence-electron chi connectivity index (χ2n) is 10.8. The highest BCUT2D eigenvalue weighted by Gasteiger charge is 2.23. The van der Waals surface area contributed by atoms with Crippen LogP contribution in [0.15, 0.2) is 79.1 Å². The van der Waals surface area contributed by atoms with E-state index in [1.165, 1.54) is 0 Å². The first-order chi connectivity index (χ1) is 20.5. The Balaban J connectivity index is 1.39. The third-order valence-corrected chi connectivity index (χ3v) is 7.75. The van der Waals surface area contributed by atoms with E-state index in [1.54, 1.807) is 12.4 Å². The fraction of sp³-hybridized carbons (Fsp3) is 0.382. The molecule has 42 heavy (non-hydrogen) atoms. The van der Waals surface area contributed by atoms with Crippen molar-refractivity contribution in [1.82, 2.24) is 31.2 Å². The van der Waals surface area contributed by atoms with Crippen molar-refractivity contribution in [3.63, 3.8) is 0 Å². The van der Waals surface area contributed by atoms with Crippen molar-refractivity contribution < 1.29 is 9.59 Å². The Bertz CT molecular complexity index is 1390. The van der Waals surface area contributed by atoms with Crippen LogP contribution < -0.4 is 21.3 Å². The van der Waals surface area contributed by atoms with Gasteiger partial charge in [-0.1, -0.05) is 68.4 Å². The number of aromatic nitrogens is 2. The number of carbonyl (C=O) groups is 2. The molecule has 3 aromatic carbocycles. The first kappa shape index (κ1) is 30.9. The molecule has 1 unspecified atom stereocenters. The molecule has 4 rings (SSSR count). The van der Waals surface area contributed by atoms with Gasteiger partial charge >= 0.3 is 0 Å². The van der Waals surface area contributed by atoms with Crippen molar-refractivity contribution in [1.29, 1.82) is 0 Å². The molecule has 222 valence electrons. The molecule has 0 aliphatic heterocycles. The van der Waals surface area contributed by atoms with Gasteiger partial charge in [0.05, 0.1) is 12.6 Å². The Kier molecular flexibility index (Phi) is 11.7. The summed E-state index contributed by atoms with van der Waals surface area (Å²) in [5, 5.41) is 15.3. The van der Waals surface area contributed by atoms with Crippen LogP contribution in [0.4, 0.5) is 0 Å². The number of H-pyrrole nitrogens is 1. The molecule has 0 saturated heterocycles. The quantitative estimate of drug-likeness (QED) is 0.117. The Morgan fingerprint density at radius 3 is 2.40 bits per heavy atom. The van der Waals surface area contributed by atoms with E-state index >= 15 is 0 Å². The van der Waals surface area contributed by atoms with Gasteiger partial charge in [0, 0.05) is 30.5 Å². The summed E-state index contributed by atoms with van der Waals surface area (Å²) in [6.45, 7) is 8.43. The van der Waals surface area contributed by atoms with Gasteiger partial charge in [0.2, 0.25) is 5.91 Å². The Labute approximate surface area is 249 Å². The molecule has 8 heteroatoms. The summed E-state index contributed by atoms with van der Waals surface area (Å²) >= 11 is 0. The predicted molar refractivity (Wildman–Crippen MR) is 169 cm³/mol. The standard InChI is InChI=1S/C34H44N6O2/c1-4-28(5-2)36-19-9-14-31(34(42)39-24(3)29-13-8-11-26-10-6-7-12-30(26)29)40-33(41)27-17-15-25(16-18-27)22-35-23-32-37-20-21-38-32/h6-8,10-13,15-18,20-21,24,28,31,35-36H,4-5,9,14,19,22-23H2,1-3H3,(H,37,38)(H,39,42)(H,40,41)/t24?,31-/m0/s1. The molecule has 0 spiro atoms. The van der Waals surface area contributed by atoms with E-state index in [4.69, 9.17) is 0 Å². The number of hydrogen-bond donors (Lipinski definition) is 5. The van der Waals surface area contributed by atoms with Gasteiger partial charge in [0.1, 0.15) is 11.9 Å². The maximum Gasteiger partial charge on any atom is 0.251 e. The molecule has 2 amide bonds. The van der Waals surface area contributed by atoms with E-state index in [0.717, 1.165) is 53.5 Å². The van der Waals surface area contributed by atoms with Gasteiger partial charge < -0.3 is 26.3 Å². The highest BCUT2D eigenvalue weighted by molar-refractivity contribution is 5.97. The molecule has 1 heterocycles. The molecule has 0 aliphatic carbocycles. The summed E-state index contributed by atoms with van der Waals surface area (Å²) in [5.74, 6) is 0.446. The van der Waals surface area contributed by atoms with E-state index in [1.807, 2.05) is 55.5 Å². The van der Waals surface area contributed by atoms with Gasteiger partial charge in [0.25, 0.3) is 5.91 Å². The second-order valence-corrected chi connectivity index (χ2v) is 10.8. The average Bonchev–Trinajstić information content (AvgIpc) is 3.54. The monoisotopic (exact) mass is 568 g/mol. The van der Waals surface area contributed by atoms with Crippen molar-refractivity contribution >= 4 is 22.6 Å². The third-order valence-electron chi connectivity index (χ3n) is 7.75. The summed E-state index contributed by atoms with van der Waals surface area (Å²) in [4.78, 5) is 34.1. The summed E-state index contributed by atoms with van der Waals surface area (Å²) in [6.07, 6.45) is 6.97. The fourth-order valence-electron chi connectivity index (χ4n) is 5.21. The number of fused-ring (bicyclic) bond motifs is 1. The second kappa shape index (κ2) is 15.8. The minimum Gasteiger partial charge on any atom is -0.348 e. The molecule has 4 aromatic rings. The van der Waals surface area contributed by atoms with Crippen LogP contribution in [-0.4, -0.2) is 40.4 Å². The van der Waals surface area contributed by atoms with Crippen molar-refractivity contribution in [2.75, 3.05) is 6.54 Å². The van der Waals surface area contributed by atoms with Crippen molar-refractivity contribution in [3.8, 4) is 0 Å². The molecule has 8 nitrogen and oxygen atoms in total. The zero-order valence-corrected chi connectivity index (χ0v) is 25.0. The molecule has 0 fully saturated rings. The molecular formula is C34H44N6O2. The van der Waals surface area contributed by atoms with Crippen molar-refractivity contribution in [3.05, 3.63) is 102 Å². The van der Waals surface area contributed by atoms with Crippen LogP contribution in [0, 0.1) is 0 Å². The minimum atomic E-state index is -0.645. The number of amides is 2. The van der Waals surface area contributed by atoms with Gasteiger partial charge in [-0.25, -0.2) is 4.98 Å². The SMILES string of the molecule is CCC(CC)NCCC[C@H](NC(=O)c1ccc(CNCc2ncc[nH]2)cc1)C(=O)NC(C)c1cccc2ccccc12. The number of rotatable bonds is 16. The first-order valence-electron chi connectivity index (χ1n) is 15.1. The van der Waals surface area contributed by atoms with E-state index in [-0.39, 0.29) is 17.9 Å². The Hall–Kier alpha value is -4.01. The molecule has 0 aliphatic rings. The molecule has 2 atom stereocenters. The van der Waals surface area contributed by atoms with Crippen LogP contribution in [0.2, 0.25) is 0 Å². The maximum atomic E-state index is 13.6. The van der Waals surface area contributed by atoms with Crippen molar-refractivity contribution in [2.24, 2.45) is 0 Å². The Morgan fingerprint density at radius 2 is 1.67 bits per heavy atom. The topological polar surface area (TPSA) is 111 Å². The summed E-state index contributed by atoms with van der Waals surface area (Å²) in [5.41, 5.74) is 2.64. The minimum absolute atomic E-state index is 0.176. The number of nitrogens with zero attached hydrogens (tertiary/aromatic N) is 1. The number of nitrogens with one attached hydrogen (secondary N) is 5. The van der Waals surface area contributed by atoms with Gasteiger partial charge in [-0.3, -0.25) is 9.59 Å². The average molecular weight is 569 g/mol. The van der Waals surface area contributed by atoms with Gasteiger partial charge in [0.15, 0.2) is 0 Å². The lowest BCUT2D eigenvalue weighted by molar-refractivity contribution is -0.123. The van der Waals surface area contributed by atoms with Crippen molar-refractivity contribution in [2.45, 2.75) is 77.7 Å². The maximum absolute atomic E-state index is 13.6. The van der Waals surface area contributed by atoms with Gasteiger partial charge in [-0.05, 0) is 73.2 Å². The molecule has 5 N–H and O–H groups in total. The highest BCUT2D eigenvalue weighted by atomic mass is 16.2. The number of imidazole rings is 1.